The van der Waals surface area contributed by atoms with Crippen molar-refractivity contribution in [3.8, 4) is 5.75 Å². The number of nitrogens with one attached hydrogen (secondary N) is 2. The number of pyridine rings is 1. The molecule has 0 unspecified atom stereocenters. The number of carbonyl (C=O) groups is 1. The number of carbonyl (C=O) groups excluding carboxylic acids is 1. The molecule has 0 radical (unpaired) electrons. The van der Waals surface area contributed by atoms with Crippen molar-refractivity contribution in [3.05, 3.63) is 54.4 Å². The Kier molecular flexibility index (Phi) is 6.41. The van der Waals surface area contributed by atoms with E-state index in [-0.39, 0.29) is 12.0 Å². The maximum absolute atomic E-state index is 11.9. The molecule has 0 saturated heterocycles. The van der Waals surface area contributed by atoms with Crippen LogP contribution in [0.4, 0.5) is 5.69 Å². The van der Waals surface area contributed by atoms with Crippen molar-refractivity contribution >= 4 is 11.6 Å². The summed E-state index contributed by atoms with van der Waals surface area (Å²) in [6.07, 6.45) is 3.95. The summed E-state index contributed by atoms with van der Waals surface area (Å²) in [6.45, 7) is 5.06. The van der Waals surface area contributed by atoms with E-state index in [2.05, 4.69) is 15.6 Å². The normalized spacial score (nSPS) is 10.4. The van der Waals surface area contributed by atoms with Crippen LogP contribution in [0.25, 0.3) is 0 Å². The molecule has 1 aromatic heterocycles. The summed E-state index contributed by atoms with van der Waals surface area (Å²) in [7, 11) is 0. The van der Waals surface area contributed by atoms with Gasteiger partial charge in [-0.3, -0.25) is 9.78 Å². The summed E-state index contributed by atoms with van der Waals surface area (Å²) < 4.78 is 5.74. The van der Waals surface area contributed by atoms with Gasteiger partial charge in [-0.2, -0.15) is 0 Å². The van der Waals surface area contributed by atoms with Gasteiger partial charge >= 0.3 is 0 Å². The van der Waals surface area contributed by atoms with Gasteiger partial charge in [0.15, 0.2) is 0 Å². The molecule has 1 amide bonds. The number of nitrogens with zero attached hydrogens (tertiary/aromatic N) is 1. The summed E-state index contributed by atoms with van der Waals surface area (Å²) in [5.74, 6) is 0.816. The smallest absolute Gasteiger partial charge is 0.222 e. The van der Waals surface area contributed by atoms with Crippen LogP contribution in [-0.4, -0.2) is 23.5 Å². The van der Waals surface area contributed by atoms with Crippen molar-refractivity contribution < 1.29 is 9.53 Å². The molecule has 0 saturated carbocycles. The fourth-order valence-corrected chi connectivity index (χ4v) is 2.07. The third kappa shape index (κ3) is 5.98. The first-order valence-corrected chi connectivity index (χ1v) is 7.80. The molecule has 5 heteroatoms. The van der Waals surface area contributed by atoms with Crippen LogP contribution in [0.5, 0.6) is 5.75 Å². The van der Waals surface area contributed by atoms with E-state index in [1.165, 1.54) is 0 Å². The molecular weight excluding hydrogens is 290 g/mol. The number of benzene rings is 1. The average Bonchev–Trinajstić information content (AvgIpc) is 2.55. The molecular formula is C18H23N3O2. The minimum atomic E-state index is 0.0107. The Labute approximate surface area is 137 Å². The maximum atomic E-state index is 11.9. The summed E-state index contributed by atoms with van der Waals surface area (Å²) in [6, 6.07) is 11.5. The Morgan fingerprint density at radius 3 is 2.65 bits per heavy atom. The van der Waals surface area contributed by atoms with Crippen molar-refractivity contribution in [2.24, 2.45) is 0 Å². The van der Waals surface area contributed by atoms with E-state index in [1.54, 1.807) is 12.4 Å². The second-order valence-electron chi connectivity index (χ2n) is 5.47. The first-order chi connectivity index (χ1) is 11.1. The van der Waals surface area contributed by atoms with Crippen LogP contribution in [0.2, 0.25) is 0 Å². The van der Waals surface area contributed by atoms with Crippen LogP contribution in [0.3, 0.4) is 0 Å². The Balaban J connectivity index is 1.75. The summed E-state index contributed by atoms with van der Waals surface area (Å²) in [4.78, 5) is 15.8. The van der Waals surface area contributed by atoms with Gasteiger partial charge in [0.2, 0.25) is 5.91 Å². The Morgan fingerprint density at radius 2 is 1.91 bits per heavy atom. The quantitative estimate of drug-likeness (QED) is 0.786. The highest BCUT2D eigenvalue weighted by atomic mass is 16.5. The van der Waals surface area contributed by atoms with Gasteiger partial charge in [-0.05, 0) is 43.7 Å². The van der Waals surface area contributed by atoms with Gasteiger partial charge in [-0.25, -0.2) is 0 Å². The van der Waals surface area contributed by atoms with Crippen molar-refractivity contribution in [2.45, 2.75) is 32.9 Å². The summed E-state index contributed by atoms with van der Waals surface area (Å²) >= 11 is 0. The van der Waals surface area contributed by atoms with Gasteiger partial charge in [0, 0.05) is 31.9 Å². The molecule has 0 aliphatic heterocycles. The Bertz CT molecular complexity index is 615. The van der Waals surface area contributed by atoms with Crippen LogP contribution in [-0.2, 0) is 11.3 Å². The molecule has 2 aromatic rings. The van der Waals surface area contributed by atoms with Crippen LogP contribution >= 0.6 is 0 Å². The van der Waals surface area contributed by atoms with Gasteiger partial charge in [-0.1, -0.05) is 12.1 Å². The van der Waals surface area contributed by atoms with Gasteiger partial charge in [-0.15, -0.1) is 0 Å². The molecule has 0 fully saturated rings. The van der Waals surface area contributed by atoms with E-state index in [0.717, 1.165) is 17.0 Å². The lowest BCUT2D eigenvalue weighted by Gasteiger charge is -2.15. The molecule has 1 aromatic carbocycles. The fraction of sp³-hybridized carbons (Fsp3) is 0.333. The predicted molar refractivity (Wildman–Crippen MR) is 91.4 cm³/mol. The molecule has 0 spiro atoms. The van der Waals surface area contributed by atoms with E-state index >= 15 is 0 Å². The number of para-hydroxylation sites is 2. The zero-order valence-corrected chi connectivity index (χ0v) is 13.6. The minimum absolute atomic E-state index is 0.0107. The third-order valence-electron chi connectivity index (χ3n) is 3.16. The van der Waals surface area contributed by atoms with E-state index in [9.17, 15) is 4.79 Å². The van der Waals surface area contributed by atoms with Gasteiger partial charge < -0.3 is 15.4 Å². The number of aromatic nitrogens is 1. The molecule has 5 nitrogen and oxygen atoms in total. The first kappa shape index (κ1) is 16.8. The van der Waals surface area contributed by atoms with Gasteiger partial charge in [0.05, 0.1) is 11.8 Å². The van der Waals surface area contributed by atoms with Crippen molar-refractivity contribution in [3.63, 3.8) is 0 Å². The minimum Gasteiger partial charge on any atom is -0.489 e. The first-order valence-electron chi connectivity index (χ1n) is 7.80. The second kappa shape index (κ2) is 8.78. The molecule has 0 bridgehead atoms. The number of anilines is 1. The van der Waals surface area contributed by atoms with Crippen LogP contribution < -0.4 is 15.4 Å². The highest BCUT2D eigenvalue weighted by Gasteiger charge is 2.06. The lowest BCUT2D eigenvalue weighted by Crippen LogP contribution is -2.25. The largest absolute Gasteiger partial charge is 0.489 e. The number of ether oxygens (including phenoxy) is 1. The second-order valence-corrected chi connectivity index (χ2v) is 5.47. The van der Waals surface area contributed by atoms with Gasteiger partial charge in [0.25, 0.3) is 0 Å². The van der Waals surface area contributed by atoms with Gasteiger partial charge in [0.1, 0.15) is 5.75 Å². The SMILES string of the molecule is CC(C)Oc1ccccc1NCCC(=O)NCc1ccncc1. The molecule has 0 aliphatic rings. The topological polar surface area (TPSA) is 63.2 Å². The number of rotatable bonds is 8. The molecule has 0 atom stereocenters. The number of hydrogen-bond acceptors (Lipinski definition) is 4. The van der Waals surface area contributed by atoms with Crippen LogP contribution in [0, 0.1) is 0 Å². The van der Waals surface area contributed by atoms with E-state index < -0.39 is 0 Å². The fourth-order valence-electron chi connectivity index (χ4n) is 2.07. The standard InChI is InChI=1S/C18H23N3O2/c1-14(2)23-17-6-4-3-5-16(17)20-12-9-18(22)21-13-15-7-10-19-11-8-15/h3-8,10-11,14,20H,9,12-13H2,1-2H3,(H,21,22). The van der Waals surface area contributed by atoms with E-state index in [1.807, 2.05) is 50.2 Å². The average molecular weight is 313 g/mol. The molecule has 2 rings (SSSR count). The summed E-state index contributed by atoms with van der Waals surface area (Å²) in [5, 5.41) is 6.15. The highest BCUT2D eigenvalue weighted by molar-refractivity contribution is 5.76. The molecule has 2 N–H and O–H groups in total. The van der Waals surface area contributed by atoms with E-state index in [0.29, 0.717) is 19.5 Å². The van der Waals surface area contributed by atoms with E-state index in [4.69, 9.17) is 4.74 Å². The zero-order valence-electron chi connectivity index (χ0n) is 13.6. The summed E-state index contributed by atoms with van der Waals surface area (Å²) in [5.41, 5.74) is 1.94. The predicted octanol–water partition coefficient (Wildman–Crippen LogP) is 2.99. The lowest BCUT2D eigenvalue weighted by molar-refractivity contribution is -0.121. The number of amides is 1. The zero-order chi connectivity index (χ0) is 16.5. The molecule has 0 aliphatic carbocycles. The third-order valence-corrected chi connectivity index (χ3v) is 3.16. The van der Waals surface area contributed by atoms with Crippen molar-refractivity contribution in [2.75, 3.05) is 11.9 Å². The van der Waals surface area contributed by atoms with Crippen molar-refractivity contribution in [1.82, 2.24) is 10.3 Å². The Morgan fingerprint density at radius 1 is 1.17 bits per heavy atom. The molecule has 122 valence electrons. The van der Waals surface area contributed by atoms with Crippen LogP contribution in [0.15, 0.2) is 48.8 Å². The monoisotopic (exact) mass is 313 g/mol. The molecule has 23 heavy (non-hydrogen) atoms. The van der Waals surface area contributed by atoms with Crippen LogP contribution in [0.1, 0.15) is 25.8 Å². The number of hydrogen-bond donors (Lipinski definition) is 2. The molecule has 1 heterocycles. The lowest BCUT2D eigenvalue weighted by atomic mass is 10.2. The Hall–Kier alpha value is -2.56. The van der Waals surface area contributed by atoms with Crippen molar-refractivity contribution in [1.29, 1.82) is 0 Å². The maximum Gasteiger partial charge on any atom is 0.222 e. The highest BCUT2D eigenvalue weighted by Crippen LogP contribution is 2.24.